The Balaban J connectivity index is 0.000000132. The number of benzene rings is 5. The fourth-order valence-corrected chi connectivity index (χ4v) is 14.8. The molecule has 136 heavy (non-hydrogen) atoms. The number of H-pyrrole nitrogens is 4. The second kappa shape index (κ2) is 42.7. The number of hydrogen-bond donors (Lipinski definition) is 10. The summed E-state index contributed by atoms with van der Waals surface area (Å²) in [4.78, 5) is 123. The normalized spacial score (nSPS) is 12.3. The van der Waals surface area contributed by atoms with E-state index in [2.05, 4.69) is 124 Å². The highest BCUT2D eigenvalue weighted by Gasteiger charge is 2.30. The maximum Gasteiger partial charge on any atom is 0.321 e. The Hall–Kier alpha value is -16.6. The molecule has 2 fully saturated rings. The van der Waals surface area contributed by atoms with Crippen molar-refractivity contribution in [1.82, 2.24) is 110 Å². The van der Waals surface area contributed by atoms with Crippen LogP contribution in [0.15, 0.2) is 250 Å². The Bertz CT molecular complexity index is 6910. The Morgan fingerprint density at radius 3 is 1.01 bits per heavy atom. The number of nitrogens with one attached hydrogen (secondary N) is 10. The summed E-state index contributed by atoms with van der Waals surface area (Å²) in [5.74, 6) is 0.271. The molecule has 7 amide bonds. The minimum absolute atomic E-state index is 0.0347. The maximum atomic E-state index is 13.0. The Morgan fingerprint density at radius 1 is 0.338 bits per heavy atom. The van der Waals surface area contributed by atoms with Gasteiger partial charge >= 0.3 is 6.03 Å². The number of anilines is 6. The van der Waals surface area contributed by atoms with Crippen molar-refractivity contribution in [2.45, 2.75) is 52.0 Å². The summed E-state index contributed by atoms with van der Waals surface area (Å²) >= 11 is 0. The first kappa shape index (κ1) is 92.7. The lowest BCUT2D eigenvalue weighted by Gasteiger charge is -2.30. The molecule has 2 aliphatic rings. The van der Waals surface area contributed by atoms with Gasteiger partial charge in [0.25, 0.3) is 23.6 Å². The third kappa shape index (κ3) is 24.2. The van der Waals surface area contributed by atoms with Crippen molar-refractivity contribution in [3.05, 3.63) is 301 Å². The summed E-state index contributed by atoms with van der Waals surface area (Å²) in [7, 11) is 19.2. The van der Waals surface area contributed by atoms with E-state index in [1.54, 1.807) is 76.1 Å². The van der Waals surface area contributed by atoms with Gasteiger partial charge in [0.1, 0.15) is 11.5 Å². The second-order valence-corrected chi connectivity index (χ2v) is 34.3. The first-order chi connectivity index (χ1) is 65.8. The van der Waals surface area contributed by atoms with Gasteiger partial charge in [0, 0.05) is 128 Å². The number of fused-ring (bicyclic) bond motifs is 4. The predicted molar refractivity (Wildman–Crippen MR) is 526 cm³/mol. The van der Waals surface area contributed by atoms with E-state index in [9.17, 15) is 28.8 Å². The summed E-state index contributed by atoms with van der Waals surface area (Å²) in [5, 5.41) is 48.8. The van der Waals surface area contributed by atoms with Gasteiger partial charge in [-0.3, -0.25) is 89.1 Å². The summed E-state index contributed by atoms with van der Waals surface area (Å²) in [5.41, 5.74) is 20.0. The number of pyridine rings is 8. The highest BCUT2D eigenvalue weighted by molar-refractivity contribution is 6.15. The molecule has 1 saturated carbocycles. The predicted octanol–water partition coefficient (Wildman–Crippen LogP) is 15.8. The number of hydrogen-bond acceptors (Lipinski definition) is 24. The van der Waals surface area contributed by atoms with Gasteiger partial charge in [0.2, 0.25) is 5.91 Å². The average Bonchev–Trinajstić information content (AvgIpc) is 1.64. The zero-order valence-electron chi connectivity index (χ0n) is 76.7. The van der Waals surface area contributed by atoms with E-state index >= 15 is 0 Å². The van der Waals surface area contributed by atoms with Gasteiger partial charge in [0.15, 0.2) is 22.8 Å². The molecule has 0 unspecified atom stereocenters. The molecule has 12 aromatic heterocycles. The largest absolute Gasteiger partial charge is 0.456 e. The molecule has 1 saturated heterocycles. The van der Waals surface area contributed by atoms with Gasteiger partial charge in [-0.15, -0.1) is 0 Å². The topological polar surface area (TPSA) is 421 Å². The van der Waals surface area contributed by atoms with Crippen LogP contribution < -0.4 is 36.6 Å². The van der Waals surface area contributed by atoms with Crippen LogP contribution in [-0.2, 0) is 37.5 Å². The number of aromatic amines is 4. The van der Waals surface area contributed by atoms with Crippen LogP contribution >= 0.6 is 0 Å². The van der Waals surface area contributed by atoms with Crippen LogP contribution in [0.5, 0.6) is 11.5 Å². The van der Waals surface area contributed by atoms with E-state index in [1.165, 1.54) is 16.9 Å². The van der Waals surface area contributed by atoms with Crippen LogP contribution in [0.2, 0.25) is 0 Å². The van der Waals surface area contributed by atoms with Gasteiger partial charge in [-0.25, -0.2) is 4.79 Å². The molecule has 1 aliphatic carbocycles. The molecular weight excluding hydrogens is 1720 g/mol. The minimum atomic E-state index is -0.337. The summed E-state index contributed by atoms with van der Waals surface area (Å²) in [6.07, 6.45) is 23.6. The number of carbonyl (C=O) groups excluding carboxylic acids is 6. The molecule has 35 heteroatoms. The number of para-hydroxylation sites is 1. The van der Waals surface area contributed by atoms with E-state index in [-0.39, 0.29) is 47.2 Å². The van der Waals surface area contributed by atoms with E-state index in [4.69, 9.17) is 4.74 Å². The molecule has 688 valence electrons. The Morgan fingerprint density at radius 2 is 0.684 bits per heavy atom. The van der Waals surface area contributed by atoms with Crippen LogP contribution in [0.3, 0.4) is 0 Å². The van der Waals surface area contributed by atoms with Crippen molar-refractivity contribution in [1.29, 1.82) is 0 Å². The molecule has 0 spiro atoms. The first-order valence-corrected chi connectivity index (χ1v) is 44.0. The van der Waals surface area contributed by atoms with Crippen LogP contribution in [0.4, 0.5) is 38.9 Å². The number of likely N-dealkylation sites (tertiary alicyclic amines) is 1. The minimum Gasteiger partial charge on any atom is -0.456 e. The van der Waals surface area contributed by atoms with E-state index in [0.717, 1.165) is 159 Å². The van der Waals surface area contributed by atoms with Gasteiger partial charge in [0.05, 0.1) is 122 Å². The van der Waals surface area contributed by atoms with Crippen molar-refractivity contribution < 1.29 is 33.5 Å². The third-order valence-corrected chi connectivity index (χ3v) is 21.9. The van der Waals surface area contributed by atoms with Crippen LogP contribution in [0.1, 0.15) is 89.6 Å². The Labute approximate surface area is 783 Å². The zero-order chi connectivity index (χ0) is 94.9. The lowest BCUT2D eigenvalue weighted by atomic mass is 10.0. The summed E-state index contributed by atoms with van der Waals surface area (Å²) in [6.45, 7) is 6.14. The number of carbonyl (C=O) groups is 6. The molecule has 0 atom stereocenters. The van der Waals surface area contributed by atoms with Crippen molar-refractivity contribution >= 4 is 113 Å². The van der Waals surface area contributed by atoms with Crippen LogP contribution in [0, 0.1) is 5.92 Å². The molecule has 5 aromatic carbocycles. The summed E-state index contributed by atoms with van der Waals surface area (Å²) < 4.78 is 5.92. The van der Waals surface area contributed by atoms with Gasteiger partial charge in [-0.2, -0.15) is 20.4 Å². The average molecular weight is 1820 g/mol. The molecule has 1 aliphatic heterocycles. The lowest BCUT2D eigenvalue weighted by molar-refractivity contribution is -0.117. The maximum absolute atomic E-state index is 13.0. The fourth-order valence-electron chi connectivity index (χ4n) is 14.8. The SMILES string of the molecule is CN(C)Cc1ccc(NC(=O)c2n[nH]c3ccc(-c4cncc(CN5CCC5)c4)cc23)cn1.CN(C)Cc1ccc(NC(=O)c2n[nH]c3ccc(-c4cncc(NC(=O)C5CC5)c4)cc23)cn1.CN(C)Cc1ccc(NC(=O)c2n[nH]c3ccc(-c4cncc(NC(=O)N(C)C)c4)cc23)cn1.CN(C)Cc1ccc(NC(=O)c2n[nH]c3ccc(-c4cncc(Oc5ccccc5)c4)cc23)cn1. The molecule has 0 bridgehead atoms. The number of ether oxygens (including phenoxy) is 1. The number of rotatable bonds is 27. The number of nitrogens with zero attached hydrogens (tertiary/aromatic N) is 18. The lowest BCUT2D eigenvalue weighted by Crippen LogP contribution is -2.36. The smallest absolute Gasteiger partial charge is 0.321 e. The molecule has 17 aromatic rings. The highest BCUT2D eigenvalue weighted by Crippen LogP contribution is 2.36. The molecule has 0 radical (unpaired) electrons. The van der Waals surface area contributed by atoms with Crippen LogP contribution in [0.25, 0.3) is 88.1 Å². The number of urea groups is 1. The first-order valence-electron chi connectivity index (χ1n) is 44.0. The number of aromatic nitrogens is 16. The summed E-state index contributed by atoms with van der Waals surface area (Å²) in [6, 6.07) is 55.1. The van der Waals surface area contributed by atoms with Crippen molar-refractivity contribution in [2.24, 2.45) is 5.92 Å². The quantitative estimate of drug-likeness (QED) is 0.0229. The Kier molecular flexibility index (Phi) is 29.1. The van der Waals surface area contributed by atoms with Crippen molar-refractivity contribution in [2.75, 3.05) is 115 Å². The van der Waals surface area contributed by atoms with Gasteiger partial charge in [-0.05, 0) is 250 Å². The highest BCUT2D eigenvalue weighted by atomic mass is 16.5. The van der Waals surface area contributed by atoms with E-state index in [1.807, 2.05) is 258 Å². The van der Waals surface area contributed by atoms with Gasteiger partial charge < -0.3 is 61.1 Å². The molecular formula is C101H102N28O7. The molecule has 35 nitrogen and oxygen atoms in total. The van der Waals surface area contributed by atoms with E-state index in [0.29, 0.717) is 73.1 Å². The molecule has 19 rings (SSSR count). The van der Waals surface area contributed by atoms with Gasteiger partial charge in [-0.1, -0.05) is 42.5 Å². The number of amides is 7. The van der Waals surface area contributed by atoms with Crippen LogP contribution in [-0.4, -0.2) is 229 Å². The molecule has 13 heterocycles. The van der Waals surface area contributed by atoms with Crippen molar-refractivity contribution in [3.63, 3.8) is 0 Å². The van der Waals surface area contributed by atoms with Crippen molar-refractivity contribution in [3.8, 4) is 56.0 Å². The van der Waals surface area contributed by atoms with E-state index < -0.39 is 0 Å². The molecule has 10 N–H and O–H groups in total. The fraction of sp³-hybridized carbons (Fsp3) is 0.208. The standard InChI is InChI=1S/C27H24N6O2.C25H25N7O2.C25H27N7O.C24H26N8O2/c1-33(2)17-21-10-9-20(15-29-21)30-27(34)26-24-13-18(8-11-25(24)31-32-26)19-12-23(16-28-14-19)35-22-6-4-3-5-7-22;1-32(2)14-19-7-6-18(13-27-19)28-25(34)23-21-10-16(5-8-22(21)30-31-23)17-9-20(12-26-11-17)29-24(33)15-3-4-15;1-31(2)16-21-6-5-20(14-27-21)28-25(33)24-22-11-18(4-7-23(22)29-30-24)19-10-17(12-26-13-19)15-32-8-3-9-32;1-31(2)14-18-7-6-17(13-26-18)27-23(33)22-20-10-15(5-8-21(20)29-30-22)16-9-19(12-25-11-16)28-24(34)32(3)4/h3-16H,17H2,1-2H3,(H,30,34)(H,31,32);5-13,15H,3-4,14H2,1-2H3,(H,28,34)(H,29,33)(H,30,31);4-7,10-14H,3,8-9,15-16H2,1-2H3,(H,28,33)(H,29,30);5-13H,14H2,1-4H3,(H,27,33)(H,28,34)(H,29,30). The third-order valence-electron chi connectivity index (χ3n) is 21.9. The monoisotopic (exact) mass is 1820 g/mol. The second-order valence-electron chi connectivity index (χ2n) is 34.3. The zero-order valence-corrected chi connectivity index (χ0v) is 76.7.